The molecule has 0 bridgehead atoms. The van der Waals surface area contributed by atoms with Gasteiger partial charge in [-0.15, -0.1) is 15.6 Å². The first kappa shape index (κ1) is 36.6. The molecule has 49 heavy (non-hydrogen) atoms. The number of rotatable bonds is 15. The number of hydrogen-bond donors (Lipinski definition) is 6. The third kappa shape index (κ3) is 9.03. The van der Waals surface area contributed by atoms with Crippen LogP contribution in [0.4, 0.5) is 10.9 Å². The number of β-lactam (4-membered cyclic amide) rings is 1. The van der Waals surface area contributed by atoms with Crippen molar-refractivity contribution in [2.24, 2.45) is 10.9 Å². The molecule has 1 saturated heterocycles. The normalized spacial score (nSPS) is 17.0. The molecule has 0 unspecified atom stereocenters. The zero-order chi connectivity index (χ0) is 36.1. The van der Waals surface area contributed by atoms with E-state index in [1.807, 2.05) is 0 Å². The Morgan fingerprint density at radius 2 is 1.84 bits per heavy atom. The van der Waals surface area contributed by atoms with E-state index in [0.717, 1.165) is 22.5 Å². The van der Waals surface area contributed by atoms with Gasteiger partial charge < -0.3 is 36.8 Å². The van der Waals surface area contributed by atoms with Gasteiger partial charge in [0.15, 0.2) is 10.8 Å². The third-order valence-electron chi connectivity index (χ3n) is 7.03. The Kier molecular flexibility index (Phi) is 11.1. The summed E-state index contributed by atoms with van der Waals surface area (Å²) in [5, 5.41) is 20.2. The molecule has 3 aromatic rings. The van der Waals surface area contributed by atoms with E-state index in [1.165, 1.54) is 19.2 Å². The molecule has 2 aromatic heterocycles. The van der Waals surface area contributed by atoms with Crippen LogP contribution in [0.25, 0.3) is 11.1 Å². The number of nitrogens with one attached hydrogen (secondary N) is 2. The molecule has 1 aliphatic heterocycles. The molecule has 0 radical (unpaired) electrons. The fourth-order valence-electron chi connectivity index (χ4n) is 4.24. The number of aromatic nitrogens is 2. The average molecular weight is 721 g/mol. The van der Waals surface area contributed by atoms with Crippen molar-refractivity contribution in [2.45, 2.75) is 50.9 Å². The van der Waals surface area contributed by atoms with Crippen molar-refractivity contribution in [2.75, 3.05) is 17.7 Å². The number of nitrogen functional groups attached to an aromatic ring is 1. The van der Waals surface area contributed by atoms with Crippen LogP contribution in [0.3, 0.4) is 0 Å². The first-order valence-electron chi connectivity index (χ1n) is 14.3. The van der Waals surface area contributed by atoms with Gasteiger partial charge in [0.25, 0.3) is 17.9 Å². The number of aliphatic carboxylic acids is 1. The highest BCUT2D eigenvalue weighted by atomic mass is 32.3. The molecule has 3 amide bonds. The Bertz CT molecular complexity index is 1850. The highest BCUT2D eigenvalue weighted by Gasteiger charge is 2.58. The summed E-state index contributed by atoms with van der Waals surface area (Å²) in [6.07, 6.45) is 0.325. The van der Waals surface area contributed by atoms with Crippen molar-refractivity contribution < 1.29 is 51.1 Å². The number of carboxylic acid groups (broad SMARTS) is 1. The van der Waals surface area contributed by atoms with Crippen LogP contribution < -0.4 is 26.8 Å². The Hall–Kier alpha value is -5.22. The number of hydrogen-bond acceptors (Lipinski definition) is 15. The van der Waals surface area contributed by atoms with Crippen LogP contribution in [0.5, 0.6) is 5.75 Å². The number of benzene rings is 1. The second kappa shape index (κ2) is 14.9. The predicted octanol–water partition coefficient (Wildman–Crippen LogP) is 0.556. The first-order valence-corrected chi connectivity index (χ1v) is 16.5. The number of nitrogens with two attached hydrogens (primary N) is 2. The van der Waals surface area contributed by atoms with E-state index in [-0.39, 0.29) is 22.5 Å². The number of ether oxygens (including phenoxy) is 1. The van der Waals surface area contributed by atoms with Gasteiger partial charge in [0.1, 0.15) is 29.9 Å². The topological polar surface area (TPSA) is 288 Å². The van der Waals surface area contributed by atoms with Gasteiger partial charge in [-0.2, -0.15) is 13.5 Å². The van der Waals surface area contributed by atoms with E-state index in [4.69, 9.17) is 25.6 Å². The number of pyridine rings is 1. The van der Waals surface area contributed by atoms with Crippen molar-refractivity contribution in [1.82, 2.24) is 20.3 Å². The SMILES string of the molecule is CC[C@H](N)C(=O)Nc1ccc(-c2ccc(OC[C@H](O/N=C(\C(=O)N[C@@H]3C(=O)N(OS(=O)(=O)O)C3(C)C)c3csc(N)n3)C(=O)O)cc2)cn1. The number of hydroxylamine groups is 2. The van der Waals surface area contributed by atoms with Crippen LogP contribution in [0.1, 0.15) is 32.9 Å². The zero-order valence-electron chi connectivity index (χ0n) is 26.1. The summed E-state index contributed by atoms with van der Waals surface area (Å²) in [5.41, 5.74) is 10.8. The number of thiazole rings is 1. The fraction of sp³-hybridized carbons (Fsp3) is 0.321. The maximum atomic E-state index is 13.2. The lowest BCUT2D eigenvalue weighted by Crippen LogP contribution is -2.76. The van der Waals surface area contributed by atoms with E-state index in [1.54, 1.807) is 49.5 Å². The molecule has 1 aromatic carbocycles. The Morgan fingerprint density at radius 3 is 2.37 bits per heavy atom. The molecule has 0 saturated carbocycles. The fourth-order valence-corrected chi connectivity index (χ4v) is 5.24. The number of amides is 3. The van der Waals surface area contributed by atoms with Crippen molar-refractivity contribution in [3.8, 4) is 16.9 Å². The average Bonchev–Trinajstić information content (AvgIpc) is 3.48. The van der Waals surface area contributed by atoms with Crippen molar-refractivity contribution in [1.29, 1.82) is 0 Å². The number of nitrogens with zero attached hydrogens (tertiary/aromatic N) is 4. The standard InChI is InChI=1S/C28H32N8O11S2/c1-4-17(29)23(37)33-20-10-7-15(11-31-20)14-5-8-16(9-6-14)45-12-19(26(40)41)46-35-21(18-13-48-27(30)32-18)24(38)34-22-25(39)36(28(22,2)3)47-49(42,43)44/h5-11,13,17,19,22H,4,12,29H2,1-3H3,(H2,30,32)(H,34,38)(H,40,41)(H,31,33,37)(H,42,43,44)/b35-21-/t17-,19-,22+/m0/s1. The van der Waals surface area contributed by atoms with Gasteiger partial charge in [-0.3, -0.25) is 18.9 Å². The Balaban J connectivity index is 1.42. The largest absolute Gasteiger partial charge is 0.489 e. The van der Waals surface area contributed by atoms with Gasteiger partial charge >= 0.3 is 16.4 Å². The molecule has 21 heteroatoms. The number of oxime groups is 1. The maximum absolute atomic E-state index is 13.2. The smallest absolute Gasteiger partial charge is 0.418 e. The van der Waals surface area contributed by atoms with Crippen LogP contribution >= 0.6 is 11.3 Å². The summed E-state index contributed by atoms with van der Waals surface area (Å²) in [6.45, 7) is 3.95. The van der Waals surface area contributed by atoms with Crippen LogP contribution in [-0.4, -0.2) is 92.8 Å². The minimum atomic E-state index is -5.03. The Labute approximate surface area is 283 Å². The number of carbonyl (C=O) groups is 4. The van der Waals surface area contributed by atoms with Crippen LogP contribution in [0.15, 0.2) is 53.1 Å². The van der Waals surface area contributed by atoms with Crippen LogP contribution in [0, 0.1) is 0 Å². The second-order valence-corrected chi connectivity index (χ2v) is 12.8. The summed E-state index contributed by atoms with van der Waals surface area (Å²) in [4.78, 5) is 63.0. The molecule has 1 aliphatic rings. The zero-order valence-corrected chi connectivity index (χ0v) is 27.7. The van der Waals surface area contributed by atoms with Gasteiger partial charge in [-0.1, -0.05) is 24.2 Å². The summed E-state index contributed by atoms with van der Waals surface area (Å²) in [7, 11) is -5.03. The summed E-state index contributed by atoms with van der Waals surface area (Å²) < 4.78 is 41.0. The molecule has 19 nitrogen and oxygen atoms in total. The number of anilines is 2. The number of carbonyl (C=O) groups excluding carboxylic acids is 3. The van der Waals surface area contributed by atoms with Crippen LogP contribution in [0.2, 0.25) is 0 Å². The van der Waals surface area contributed by atoms with E-state index < -0.39 is 64.2 Å². The molecule has 4 rings (SSSR count). The van der Waals surface area contributed by atoms with Gasteiger partial charge in [-0.05, 0) is 50.1 Å². The minimum Gasteiger partial charge on any atom is -0.489 e. The van der Waals surface area contributed by atoms with E-state index in [0.29, 0.717) is 17.3 Å². The van der Waals surface area contributed by atoms with Gasteiger partial charge in [0.2, 0.25) is 5.91 Å². The predicted molar refractivity (Wildman–Crippen MR) is 173 cm³/mol. The van der Waals surface area contributed by atoms with Crippen molar-refractivity contribution in [3.63, 3.8) is 0 Å². The highest BCUT2D eigenvalue weighted by Crippen LogP contribution is 2.33. The molecular formula is C28H32N8O11S2. The molecule has 262 valence electrons. The summed E-state index contributed by atoms with van der Waals surface area (Å²) >= 11 is 0.943. The number of carboxylic acids is 1. The Morgan fingerprint density at radius 1 is 1.16 bits per heavy atom. The highest BCUT2D eigenvalue weighted by molar-refractivity contribution is 7.80. The van der Waals surface area contributed by atoms with Gasteiger partial charge in [0, 0.05) is 17.1 Å². The first-order chi connectivity index (χ1) is 23.0. The summed E-state index contributed by atoms with van der Waals surface area (Å²) in [6, 6.07) is 7.95. The molecule has 8 N–H and O–H groups in total. The van der Waals surface area contributed by atoms with Gasteiger partial charge in [-0.25, -0.2) is 14.8 Å². The van der Waals surface area contributed by atoms with Crippen molar-refractivity contribution >= 4 is 62.1 Å². The van der Waals surface area contributed by atoms with E-state index in [2.05, 4.69) is 30.0 Å². The molecule has 3 heterocycles. The minimum absolute atomic E-state index is 0.0417. The molecule has 1 fully saturated rings. The van der Waals surface area contributed by atoms with E-state index in [9.17, 15) is 32.7 Å². The molecule has 0 spiro atoms. The van der Waals surface area contributed by atoms with E-state index >= 15 is 0 Å². The van der Waals surface area contributed by atoms with Crippen LogP contribution in [-0.2, 0) is 38.7 Å². The monoisotopic (exact) mass is 720 g/mol. The lowest BCUT2D eigenvalue weighted by atomic mass is 9.84. The third-order valence-corrected chi connectivity index (χ3v) is 8.04. The molecule has 0 aliphatic carbocycles. The maximum Gasteiger partial charge on any atom is 0.418 e. The van der Waals surface area contributed by atoms with Crippen molar-refractivity contribution in [3.05, 3.63) is 53.7 Å². The molecular weight excluding hydrogens is 688 g/mol. The lowest BCUT2D eigenvalue weighted by molar-refractivity contribution is -0.218. The summed E-state index contributed by atoms with van der Waals surface area (Å²) in [5.74, 6) is -3.26. The second-order valence-electron chi connectivity index (χ2n) is 10.9. The lowest BCUT2D eigenvalue weighted by Gasteiger charge is -2.50. The quantitative estimate of drug-likeness (QED) is 0.0541. The van der Waals surface area contributed by atoms with Gasteiger partial charge in [0.05, 0.1) is 11.6 Å². The molecule has 3 atom stereocenters.